The summed E-state index contributed by atoms with van der Waals surface area (Å²) in [4.78, 5) is 24.9. The lowest BCUT2D eigenvalue weighted by atomic mass is 10.0. The lowest BCUT2D eigenvalue weighted by Crippen LogP contribution is -2.46. The highest BCUT2D eigenvalue weighted by molar-refractivity contribution is 8.14. The van der Waals surface area contributed by atoms with Gasteiger partial charge in [-0.25, -0.2) is 0 Å². The number of benzene rings is 1. The molecule has 134 valence electrons. The zero-order valence-corrected chi connectivity index (χ0v) is 16.3. The Morgan fingerprint density at radius 2 is 1.75 bits per heavy atom. The third-order valence-electron chi connectivity index (χ3n) is 3.55. The average Bonchev–Trinajstić information content (AvgIpc) is 2.51. The fourth-order valence-corrected chi connectivity index (χ4v) is 3.21. The first kappa shape index (κ1) is 20.7. The second kappa shape index (κ2) is 9.23. The summed E-state index contributed by atoms with van der Waals surface area (Å²) in [6, 6.07) is 9.13. The lowest BCUT2D eigenvalue weighted by molar-refractivity contribution is -0.148. The molecule has 3 atom stereocenters. The van der Waals surface area contributed by atoms with E-state index in [0.29, 0.717) is 6.61 Å². The largest absolute Gasteiger partial charge is 0.465 e. The number of hydrogen-bond acceptors (Lipinski definition) is 5. The zero-order chi connectivity index (χ0) is 18.3. The van der Waals surface area contributed by atoms with Crippen molar-refractivity contribution in [2.75, 3.05) is 6.61 Å². The molecule has 1 rings (SSSR count). The van der Waals surface area contributed by atoms with E-state index in [1.807, 2.05) is 58.0 Å². The molecule has 0 amide bonds. The van der Waals surface area contributed by atoms with Crippen LogP contribution in [0.1, 0.15) is 53.1 Å². The van der Waals surface area contributed by atoms with Crippen LogP contribution in [0.25, 0.3) is 0 Å². The molecule has 1 N–H and O–H groups in total. The Bertz CT molecular complexity index is 539. The van der Waals surface area contributed by atoms with Gasteiger partial charge in [-0.1, -0.05) is 69.8 Å². The average molecular weight is 352 g/mol. The second-order valence-corrected chi connectivity index (χ2v) is 8.68. The number of rotatable bonds is 7. The highest BCUT2D eigenvalue weighted by atomic mass is 32.2. The van der Waals surface area contributed by atoms with Gasteiger partial charge in [0.2, 0.25) is 0 Å². The van der Waals surface area contributed by atoms with Crippen molar-refractivity contribution in [2.45, 2.75) is 58.4 Å². The Morgan fingerprint density at radius 1 is 1.17 bits per heavy atom. The summed E-state index contributed by atoms with van der Waals surface area (Å²) in [5.41, 5.74) is 1.06. The molecule has 24 heavy (non-hydrogen) atoms. The molecule has 1 aromatic carbocycles. The number of esters is 1. The van der Waals surface area contributed by atoms with Gasteiger partial charge >= 0.3 is 5.97 Å². The van der Waals surface area contributed by atoms with Crippen molar-refractivity contribution in [3.63, 3.8) is 0 Å². The first-order chi connectivity index (χ1) is 11.2. The van der Waals surface area contributed by atoms with Gasteiger partial charge in [0.1, 0.15) is 6.04 Å². The Balaban J connectivity index is 2.91. The SMILES string of the molecule is CCOC(=O)[C@@H](N[C@H](C)c1ccccc1)[C@@H](C)C(=O)SC(C)(C)C. The highest BCUT2D eigenvalue weighted by Crippen LogP contribution is 2.29. The summed E-state index contributed by atoms with van der Waals surface area (Å²) < 4.78 is 4.99. The van der Waals surface area contributed by atoms with Gasteiger partial charge < -0.3 is 4.74 Å². The summed E-state index contributed by atoms with van der Waals surface area (Å²) in [5, 5.41) is 3.27. The summed E-state index contributed by atoms with van der Waals surface area (Å²) in [6.45, 7) is 11.8. The van der Waals surface area contributed by atoms with E-state index in [4.69, 9.17) is 4.74 Å². The van der Waals surface area contributed by atoms with Gasteiger partial charge in [-0.2, -0.15) is 0 Å². The highest BCUT2D eigenvalue weighted by Gasteiger charge is 2.34. The van der Waals surface area contributed by atoms with E-state index in [1.165, 1.54) is 11.8 Å². The van der Waals surface area contributed by atoms with Crippen molar-refractivity contribution in [3.05, 3.63) is 35.9 Å². The van der Waals surface area contributed by atoms with E-state index in [9.17, 15) is 9.59 Å². The molecule has 0 saturated heterocycles. The van der Waals surface area contributed by atoms with E-state index in [2.05, 4.69) is 5.32 Å². The molecule has 0 unspecified atom stereocenters. The monoisotopic (exact) mass is 351 g/mol. The van der Waals surface area contributed by atoms with Gasteiger partial charge in [-0.3, -0.25) is 14.9 Å². The predicted octanol–water partition coefficient (Wildman–Crippen LogP) is 3.96. The molecule has 0 radical (unpaired) electrons. The van der Waals surface area contributed by atoms with E-state index in [0.717, 1.165) is 5.56 Å². The minimum absolute atomic E-state index is 0.00619. The van der Waals surface area contributed by atoms with Crippen LogP contribution < -0.4 is 5.32 Å². The van der Waals surface area contributed by atoms with E-state index < -0.39 is 12.0 Å². The first-order valence-electron chi connectivity index (χ1n) is 8.36. The normalized spacial score (nSPS) is 15.4. The molecule has 0 bridgehead atoms. The maximum atomic E-state index is 12.5. The van der Waals surface area contributed by atoms with E-state index in [-0.39, 0.29) is 21.9 Å². The summed E-state index contributed by atoms with van der Waals surface area (Å²) in [5.74, 6) is -0.852. The van der Waals surface area contributed by atoms with Crippen LogP contribution in [0.4, 0.5) is 0 Å². The molecule has 0 aromatic heterocycles. The van der Waals surface area contributed by atoms with Crippen LogP contribution in [-0.4, -0.2) is 28.5 Å². The van der Waals surface area contributed by atoms with Crippen LogP contribution >= 0.6 is 11.8 Å². The third-order valence-corrected chi connectivity index (χ3v) is 4.73. The maximum absolute atomic E-state index is 12.5. The van der Waals surface area contributed by atoms with E-state index >= 15 is 0 Å². The number of hydrogen-bond donors (Lipinski definition) is 1. The molecule has 0 heterocycles. The first-order valence-corrected chi connectivity index (χ1v) is 9.17. The van der Waals surface area contributed by atoms with E-state index in [1.54, 1.807) is 13.8 Å². The molecule has 4 nitrogen and oxygen atoms in total. The Labute approximate surface area is 149 Å². The smallest absolute Gasteiger partial charge is 0.323 e. The van der Waals surface area contributed by atoms with Crippen molar-refractivity contribution < 1.29 is 14.3 Å². The van der Waals surface area contributed by atoms with Crippen molar-refractivity contribution in [1.82, 2.24) is 5.32 Å². The van der Waals surface area contributed by atoms with Gasteiger partial charge in [0.15, 0.2) is 5.12 Å². The summed E-state index contributed by atoms with van der Waals surface area (Å²) in [7, 11) is 0. The topological polar surface area (TPSA) is 55.4 Å². The summed E-state index contributed by atoms with van der Waals surface area (Å²) in [6.07, 6.45) is 0. The van der Waals surface area contributed by atoms with Gasteiger partial charge in [-0.15, -0.1) is 0 Å². The molecular weight excluding hydrogens is 322 g/mol. The Hall–Kier alpha value is -1.33. The van der Waals surface area contributed by atoms with Gasteiger partial charge in [-0.05, 0) is 19.4 Å². The Morgan fingerprint density at radius 3 is 2.25 bits per heavy atom. The number of carbonyl (C=O) groups is 2. The molecule has 0 aliphatic carbocycles. The van der Waals surface area contributed by atoms with Crippen molar-refractivity contribution >= 4 is 22.8 Å². The van der Waals surface area contributed by atoms with Crippen LogP contribution in [-0.2, 0) is 14.3 Å². The van der Waals surface area contributed by atoms with Gasteiger partial charge in [0.05, 0.1) is 12.5 Å². The minimum atomic E-state index is -0.664. The van der Waals surface area contributed by atoms with Gasteiger partial charge in [0.25, 0.3) is 0 Å². The quantitative estimate of drug-likeness (QED) is 0.754. The molecule has 0 spiro atoms. The molecule has 5 heteroatoms. The lowest BCUT2D eigenvalue weighted by Gasteiger charge is -2.28. The molecule has 0 aliphatic rings. The second-order valence-electron chi connectivity index (χ2n) is 6.85. The third kappa shape index (κ3) is 6.65. The Kier molecular flexibility index (Phi) is 7.97. The van der Waals surface area contributed by atoms with Crippen LogP contribution in [0.5, 0.6) is 0 Å². The van der Waals surface area contributed by atoms with Crippen molar-refractivity contribution in [1.29, 1.82) is 0 Å². The van der Waals surface area contributed by atoms with Crippen molar-refractivity contribution in [2.24, 2.45) is 5.92 Å². The fraction of sp³-hybridized carbons (Fsp3) is 0.579. The van der Waals surface area contributed by atoms with Crippen LogP contribution in [0, 0.1) is 5.92 Å². The standard InChI is InChI=1S/C19H29NO3S/c1-7-23-17(21)16(13(2)18(22)24-19(4,5)6)20-14(3)15-11-9-8-10-12-15/h8-14,16,20H,7H2,1-6H3/t13-,14-,16+/m1/s1. The van der Waals surface area contributed by atoms with Crippen LogP contribution in [0.15, 0.2) is 30.3 Å². The number of carbonyl (C=O) groups excluding carboxylic acids is 2. The zero-order valence-electron chi connectivity index (χ0n) is 15.5. The summed E-state index contributed by atoms with van der Waals surface area (Å²) >= 11 is 1.26. The molecule has 0 aliphatic heterocycles. The van der Waals surface area contributed by atoms with Crippen LogP contribution in [0.2, 0.25) is 0 Å². The number of nitrogens with one attached hydrogen (secondary N) is 1. The number of thioether (sulfide) groups is 1. The predicted molar refractivity (Wildman–Crippen MR) is 99.9 cm³/mol. The van der Waals surface area contributed by atoms with Crippen molar-refractivity contribution in [3.8, 4) is 0 Å². The number of ether oxygens (including phenoxy) is 1. The van der Waals surface area contributed by atoms with Gasteiger partial charge in [0, 0.05) is 10.8 Å². The maximum Gasteiger partial charge on any atom is 0.323 e. The molecule has 0 saturated carbocycles. The molecular formula is C19H29NO3S. The molecule has 0 fully saturated rings. The minimum Gasteiger partial charge on any atom is -0.465 e. The fourth-order valence-electron chi connectivity index (χ4n) is 2.29. The van der Waals surface area contributed by atoms with Crippen LogP contribution in [0.3, 0.4) is 0 Å². The molecule has 1 aromatic rings.